The highest BCUT2D eigenvalue weighted by molar-refractivity contribution is 6.31. The summed E-state index contributed by atoms with van der Waals surface area (Å²) in [5, 5.41) is 5.70. The van der Waals surface area contributed by atoms with Gasteiger partial charge in [-0.3, -0.25) is 0 Å². The number of nitrogens with zero attached hydrogens (tertiary/aromatic N) is 2. The minimum atomic E-state index is -0.646. The van der Waals surface area contributed by atoms with E-state index >= 15 is 0 Å². The number of aromatic nitrogens is 3. The van der Waals surface area contributed by atoms with Gasteiger partial charge in [0.25, 0.3) is 0 Å². The molecule has 0 saturated heterocycles. The molecule has 1 N–H and O–H groups in total. The molecule has 0 aliphatic carbocycles. The molecule has 0 bridgehead atoms. The van der Waals surface area contributed by atoms with Gasteiger partial charge in [0, 0.05) is 6.07 Å². The molecule has 0 atom stereocenters. The van der Waals surface area contributed by atoms with Crippen molar-refractivity contribution in [3.63, 3.8) is 0 Å². The first-order valence-electron chi connectivity index (χ1n) is 3.10. The summed E-state index contributed by atoms with van der Waals surface area (Å²) in [5.41, 5.74) is -0.188. The maximum Gasteiger partial charge on any atom is 0.347 e. The van der Waals surface area contributed by atoms with E-state index in [4.69, 9.17) is 11.6 Å². The minimum Gasteiger partial charge on any atom is -0.247 e. The number of aromatic amines is 1. The third-order valence-electron chi connectivity index (χ3n) is 1.46. The van der Waals surface area contributed by atoms with Crippen LogP contribution in [0.15, 0.2) is 17.1 Å². The number of hydrogen-bond donors (Lipinski definition) is 1. The van der Waals surface area contributed by atoms with Gasteiger partial charge in [-0.05, 0) is 0 Å². The molecule has 12 heavy (non-hydrogen) atoms. The van der Waals surface area contributed by atoms with Gasteiger partial charge < -0.3 is 0 Å². The fourth-order valence-corrected chi connectivity index (χ4v) is 1.05. The predicted octanol–water partition coefficient (Wildman–Crippen LogP) is 0.815. The minimum absolute atomic E-state index is 0.0542. The van der Waals surface area contributed by atoms with Crippen molar-refractivity contribution in [3.8, 4) is 0 Å². The molecular formula is C6H3ClFN3O. The van der Waals surface area contributed by atoms with Gasteiger partial charge in [-0.15, -0.1) is 0 Å². The quantitative estimate of drug-likeness (QED) is 0.664. The normalized spacial score (nSPS) is 10.8. The second-order valence-corrected chi connectivity index (χ2v) is 2.63. The first-order chi connectivity index (χ1) is 5.68. The van der Waals surface area contributed by atoms with Crippen LogP contribution in [0, 0.1) is 5.82 Å². The first kappa shape index (κ1) is 7.30. The lowest BCUT2D eigenvalue weighted by molar-refractivity contribution is 0.618. The Morgan fingerprint density at radius 2 is 2.42 bits per heavy atom. The Bertz CT molecular complexity index is 489. The lowest BCUT2D eigenvalue weighted by Gasteiger charge is -1.93. The van der Waals surface area contributed by atoms with Gasteiger partial charge in [-0.25, -0.2) is 18.7 Å². The molecule has 6 heteroatoms. The average molecular weight is 188 g/mol. The monoisotopic (exact) mass is 187 g/mol. The highest BCUT2D eigenvalue weighted by Crippen LogP contribution is 2.13. The topological polar surface area (TPSA) is 50.2 Å². The van der Waals surface area contributed by atoms with Gasteiger partial charge in [-0.2, -0.15) is 5.10 Å². The van der Waals surface area contributed by atoms with E-state index in [1.807, 2.05) is 0 Å². The van der Waals surface area contributed by atoms with E-state index in [9.17, 15) is 9.18 Å². The average Bonchev–Trinajstić information content (AvgIpc) is 2.35. The Labute approximate surface area is 70.6 Å². The van der Waals surface area contributed by atoms with Crippen LogP contribution in [0.4, 0.5) is 4.39 Å². The molecule has 0 saturated carbocycles. The van der Waals surface area contributed by atoms with Crippen molar-refractivity contribution in [2.24, 2.45) is 0 Å². The maximum atomic E-state index is 12.8. The van der Waals surface area contributed by atoms with Gasteiger partial charge in [-0.1, -0.05) is 11.6 Å². The number of hydrogen-bond acceptors (Lipinski definition) is 2. The van der Waals surface area contributed by atoms with E-state index < -0.39 is 11.5 Å². The highest BCUT2D eigenvalue weighted by Gasteiger charge is 2.04. The summed E-state index contributed by atoms with van der Waals surface area (Å²) >= 11 is 5.45. The smallest absolute Gasteiger partial charge is 0.247 e. The number of rotatable bonds is 0. The van der Waals surface area contributed by atoms with E-state index in [0.29, 0.717) is 5.65 Å². The molecule has 0 aliphatic heterocycles. The van der Waals surface area contributed by atoms with Crippen molar-refractivity contribution in [1.29, 1.82) is 0 Å². The van der Waals surface area contributed by atoms with Crippen LogP contribution in [-0.2, 0) is 0 Å². The van der Waals surface area contributed by atoms with E-state index in [-0.39, 0.29) is 5.02 Å². The van der Waals surface area contributed by atoms with Crippen LogP contribution < -0.4 is 5.69 Å². The van der Waals surface area contributed by atoms with Crippen LogP contribution in [0.2, 0.25) is 5.02 Å². The number of fused-ring (bicyclic) bond motifs is 1. The summed E-state index contributed by atoms with van der Waals surface area (Å²) < 4.78 is 13.8. The lowest BCUT2D eigenvalue weighted by atomic mass is 10.4. The van der Waals surface area contributed by atoms with Crippen molar-refractivity contribution >= 4 is 17.2 Å². The summed E-state index contributed by atoms with van der Waals surface area (Å²) in [6.45, 7) is 0. The zero-order valence-corrected chi connectivity index (χ0v) is 6.47. The standard InChI is InChI=1S/C6H3ClFN3O/c7-3-1-5-9-10-6(12)11(5)2-4(3)8/h1-2H,(H,10,12). The molecule has 0 fully saturated rings. The van der Waals surface area contributed by atoms with E-state index in [2.05, 4.69) is 10.2 Å². The maximum absolute atomic E-state index is 12.8. The fourth-order valence-electron chi connectivity index (χ4n) is 0.901. The third kappa shape index (κ3) is 0.902. The van der Waals surface area contributed by atoms with Gasteiger partial charge in [0.2, 0.25) is 0 Å². The van der Waals surface area contributed by atoms with Crippen LogP contribution >= 0.6 is 11.6 Å². The molecule has 2 aromatic rings. The summed E-state index contributed by atoms with van der Waals surface area (Å²) in [4.78, 5) is 10.9. The first-order valence-corrected chi connectivity index (χ1v) is 3.48. The van der Waals surface area contributed by atoms with Crippen LogP contribution in [0.25, 0.3) is 5.65 Å². The second-order valence-electron chi connectivity index (χ2n) is 2.23. The van der Waals surface area contributed by atoms with Crippen molar-refractivity contribution in [3.05, 3.63) is 33.6 Å². The summed E-state index contributed by atoms with van der Waals surface area (Å²) in [7, 11) is 0. The van der Waals surface area contributed by atoms with Crippen LogP contribution in [0.5, 0.6) is 0 Å². The third-order valence-corrected chi connectivity index (χ3v) is 1.75. The summed E-state index contributed by atoms with van der Waals surface area (Å²) in [5.74, 6) is -0.646. The van der Waals surface area contributed by atoms with Crippen molar-refractivity contribution in [2.75, 3.05) is 0 Å². The Morgan fingerprint density at radius 3 is 3.17 bits per heavy atom. The molecule has 0 radical (unpaired) electrons. The molecule has 2 heterocycles. The fraction of sp³-hybridized carbons (Fsp3) is 0. The number of pyridine rings is 1. The van der Waals surface area contributed by atoms with Gasteiger partial charge in [0.15, 0.2) is 11.5 Å². The van der Waals surface area contributed by atoms with Gasteiger partial charge >= 0.3 is 5.69 Å². The van der Waals surface area contributed by atoms with Crippen molar-refractivity contribution in [2.45, 2.75) is 0 Å². The molecule has 2 rings (SSSR count). The van der Waals surface area contributed by atoms with Crippen LogP contribution in [0.1, 0.15) is 0 Å². The zero-order chi connectivity index (χ0) is 8.72. The van der Waals surface area contributed by atoms with Crippen molar-refractivity contribution < 1.29 is 4.39 Å². The Hall–Kier alpha value is -1.36. The SMILES string of the molecule is O=c1[nH]nc2cc(Cl)c(F)cn12. The second kappa shape index (κ2) is 2.31. The Kier molecular flexibility index (Phi) is 1.41. The van der Waals surface area contributed by atoms with Crippen molar-refractivity contribution in [1.82, 2.24) is 14.6 Å². The number of nitrogens with one attached hydrogen (secondary N) is 1. The van der Waals surface area contributed by atoms with Gasteiger partial charge in [0.1, 0.15) is 0 Å². The zero-order valence-electron chi connectivity index (χ0n) is 5.71. The molecular weight excluding hydrogens is 185 g/mol. The summed E-state index contributed by atoms with van der Waals surface area (Å²) in [6, 6.07) is 1.27. The van der Waals surface area contributed by atoms with Crippen LogP contribution in [-0.4, -0.2) is 14.6 Å². The molecule has 0 spiro atoms. The molecule has 2 aromatic heterocycles. The number of halogens is 2. The van der Waals surface area contributed by atoms with E-state index in [1.54, 1.807) is 0 Å². The largest absolute Gasteiger partial charge is 0.347 e. The van der Waals surface area contributed by atoms with Crippen LogP contribution in [0.3, 0.4) is 0 Å². The predicted molar refractivity (Wildman–Crippen MR) is 40.8 cm³/mol. The van der Waals surface area contributed by atoms with E-state index in [0.717, 1.165) is 10.6 Å². The molecule has 4 nitrogen and oxygen atoms in total. The molecule has 0 aromatic carbocycles. The van der Waals surface area contributed by atoms with Gasteiger partial charge in [0.05, 0.1) is 11.2 Å². The molecule has 62 valence electrons. The summed E-state index contributed by atoms with van der Waals surface area (Å²) in [6.07, 6.45) is 0.990. The molecule has 0 unspecified atom stereocenters. The number of H-pyrrole nitrogens is 1. The Morgan fingerprint density at radius 1 is 1.67 bits per heavy atom. The van der Waals surface area contributed by atoms with E-state index in [1.165, 1.54) is 6.07 Å². The molecule has 0 aliphatic rings. The lowest BCUT2D eigenvalue weighted by Crippen LogP contribution is -2.09. The Balaban J connectivity index is 2.97. The molecule has 0 amide bonds. The highest BCUT2D eigenvalue weighted by atomic mass is 35.5.